The predicted molar refractivity (Wildman–Crippen MR) is 114 cm³/mol. The summed E-state index contributed by atoms with van der Waals surface area (Å²) >= 11 is 1.55. The molecule has 1 aliphatic carbocycles. The number of hydrogen-bond acceptors (Lipinski definition) is 4. The van der Waals surface area contributed by atoms with Gasteiger partial charge < -0.3 is 10.1 Å². The number of benzene rings is 1. The Morgan fingerprint density at radius 1 is 1.25 bits per heavy atom. The maximum Gasteiger partial charge on any atom is 0.341 e. The number of ether oxygens (including phenoxy) is 1. The van der Waals surface area contributed by atoms with Crippen LogP contribution in [0.2, 0.25) is 0 Å². The summed E-state index contributed by atoms with van der Waals surface area (Å²) in [6.45, 7) is 6.62. The SMILES string of the molecule is CCCOC(=O)c1c(NC(=O)[C@@H](CC)c2ccccc2)sc2c1CC[C@H](C)C2. The van der Waals surface area contributed by atoms with Crippen LogP contribution in [-0.4, -0.2) is 18.5 Å². The number of fused-ring (bicyclic) bond motifs is 1. The van der Waals surface area contributed by atoms with Crippen LogP contribution in [0.3, 0.4) is 0 Å². The molecule has 0 spiro atoms. The lowest BCUT2D eigenvalue weighted by molar-refractivity contribution is -0.117. The maximum atomic E-state index is 13.1. The molecule has 2 atom stereocenters. The highest BCUT2D eigenvalue weighted by Crippen LogP contribution is 2.40. The predicted octanol–water partition coefficient (Wildman–Crippen LogP) is 5.57. The lowest BCUT2D eigenvalue weighted by Gasteiger charge is -2.18. The fourth-order valence-electron chi connectivity index (χ4n) is 3.78. The van der Waals surface area contributed by atoms with E-state index in [-0.39, 0.29) is 17.8 Å². The molecule has 1 N–H and O–H groups in total. The van der Waals surface area contributed by atoms with E-state index in [1.165, 1.54) is 4.88 Å². The second-order valence-electron chi connectivity index (χ2n) is 7.55. The Morgan fingerprint density at radius 3 is 2.68 bits per heavy atom. The Bertz CT molecular complexity index is 828. The van der Waals surface area contributed by atoms with Gasteiger partial charge in [-0.2, -0.15) is 0 Å². The van der Waals surface area contributed by atoms with Gasteiger partial charge in [0.15, 0.2) is 0 Å². The highest BCUT2D eigenvalue weighted by Gasteiger charge is 2.30. The average molecular weight is 400 g/mol. The quantitative estimate of drug-likeness (QED) is 0.619. The van der Waals surface area contributed by atoms with Gasteiger partial charge in [-0.1, -0.05) is 51.1 Å². The van der Waals surface area contributed by atoms with Gasteiger partial charge in [0.25, 0.3) is 0 Å². The second kappa shape index (κ2) is 9.37. The van der Waals surface area contributed by atoms with Gasteiger partial charge in [-0.25, -0.2) is 4.79 Å². The number of thiophene rings is 1. The summed E-state index contributed by atoms with van der Waals surface area (Å²) in [6.07, 6.45) is 4.37. The second-order valence-corrected chi connectivity index (χ2v) is 8.66. The van der Waals surface area contributed by atoms with E-state index in [4.69, 9.17) is 4.74 Å². The van der Waals surface area contributed by atoms with Crippen molar-refractivity contribution in [1.82, 2.24) is 0 Å². The van der Waals surface area contributed by atoms with Gasteiger partial charge in [0, 0.05) is 4.88 Å². The van der Waals surface area contributed by atoms with Crippen molar-refractivity contribution in [2.24, 2.45) is 5.92 Å². The first kappa shape index (κ1) is 20.6. The van der Waals surface area contributed by atoms with Crippen LogP contribution in [0, 0.1) is 5.92 Å². The van der Waals surface area contributed by atoms with Crippen molar-refractivity contribution in [2.75, 3.05) is 11.9 Å². The van der Waals surface area contributed by atoms with Crippen molar-refractivity contribution < 1.29 is 14.3 Å². The molecular weight excluding hydrogens is 370 g/mol. The van der Waals surface area contributed by atoms with Crippen molar-refractivity contribution in [1.29, 1.82) is 0 Å². The number of carbonyl (C=O) groups excluding carboxylic acids is 2. The molecule has 1 aliphatic rings. The molecule has 1 heterocycles. The van der Waals surface area contributed by atoms with Crippen molar-refractivity contribution in [3.8, 4) is 0 Å². The molecule has 2 aromatic rings. The van der Waals surface area contributed by atoms with Crippen molar-refractivity contribution in [2.45, 2.75) is 58.8 Å². The van der Waals surface area contributed by atoms with Crippen LogP contribution in [-0.2, 0) is 22.4 Å². The van der Waals surface area contributed by atoms with E-state index < -0.39 is 0 Å². The van der Waals surface area contributed by atoms with Crippen LogP contribution in [0.15, 0.2) is 30.3 Å². The molecular formula is C23H29NO3S. The third kappa shape index (κ3) is 4.46. The van der Waals surface area contributed by atoms with Crippen LogP contribution < -0.4 is 5.32 Å². The Labute approximate surface area is 171 Å². The van der Waals surface area contributed by atoms with Gasteiger partial charge >= 0.3 is 5.97 Å². The Morgan fingerprint density at radius 2 is 2.00 bits per heavy atom. The molecule has 0 aliphatic heterocycles. The van der Waals surface area contributed by atoms with Crippen LogP contribution in [0.4, 0.5) is 5.00 Å². The molecule has 0 unspecified atom stereocenters. The number of anilines is 1. The minimum Gasteiger partial charge on any atom is -0.462 e. The van der Waals surface area contributed by atoms with Gasteiger partial charge in [-0.05, 0) is 49.1 Å². The normalized spacial score (nSPS) is 16.9. The van der Waals surface area contributed by atoms with Crippen LogP contribution in [0.5, 0.6) is 0 Å². The first-order chi connectivity index (χ1) is 13.5. The van der Waals surface area contributed by atoms with E-state index in [1.807, 2.05) is 44.2 Å². The van der Waals surface area contributed by atoms with Crippen LogP contribution in [0.25, 0.3) is 0 Å². The Hall–Kier alpha value is -2.14. The molecule has 5 heteroatoms. The summed E-state index contributed by atoms with van der Waals surface area (Å²) < 4.78 is 5.44. The number of nitrogens with one attached hydrogen (secondary N) is 1. The topological polar surface area (TPSA) is 55.4 Å². The Balaban J connectivity index is 1.90. The average Bonchev–Trinajstić information content (AvgIpc) is 3.04. The van der Waals surface area contributed by atoms with E-state index in [0.29, 0.717) is 29.5 Å². The van der Waals surface area contributed by atoms with Crippen molar-refractivity contribution >= 4 is 28.2 Å². The van der Waals surface area contributed by atoms with Gasteiger partial charge in [0.05, 0.1) is 18.1 Å². The van der Waals surface area contributed by atoms with Gasteiger partial charge in [0.2, 0.25) is 5.91 Å². The lowest BCUT2D eigenvalue weighted by Crippen LogP contribution is -2.22. The first-order valence-electron chi connectivity index (χ1n) is 10.2. The van der Waals surface area contributed by atoms with E-state index in [2.05, 4.69) is 12.2 Å². The summed E-state index contributed by atoms with van der Waals surface area (Å²) in [6, 6.07) is 9.80. The minimum absolute atomic E-state index is 0.0649. The van der Waals surface area contributed by atoms with Crippen molar-refractivity contribution in [3.05, 3.63) is 51.9 Å². The monoisotopic (exact) mass is 399 g/mol. The number of amides is 1. The molecule has 3 rings (SSSR count). The molecule has 0 radical (unpaired) electrons. The van der Waals surface area contributed by atoms with Crippen molar-refractivity contribution in [3.63, 3.8) is 0 Å². The molecule has 0 saturated carbocycles. The lowest BCUT2D eigenvalue weighted by atomic mass is 9.88. The van der Waals surface area contributed by atoms with Gasteiger partial charge in [-0.3, -0.25) is 4.79 Å². The molecule has 4 nitrogen and oxygen atoms in total. The third-order valence-corrected chi connectivity index (χ3v) is 6.49. The van der Waals surface area contributed by atoms with Crippen LogP contribution in [0.1, 0.15) is 72.3 Å². The van der Waals surface area contributed by atoms with E-state index in [0.717, 1.165) is 36.8 Å². The number of carbonyl (C=O) groups is 2. The highest BCUT2D eigenvalue weighted by molar-refractivity contribution is 7.17. The zero-order chi connectivity index (χ0) is 20.1. The largest absolute Gasteiger partial charge is 0.462 e. The van der Waals surface area contributed by atoms with E-state index >= 15 is 0 Å². The standard InChI is InChI=1S/C23H29NO3S/c1-4-13-27-23(26)20-18-12-11-15(3)14-19(18)28-22(20)24-21(25)17(5-2)16-9-7-6-8-10-16/h6-10,15,17H,4-5,11-14H2,1-3H3,(H,24,25)/t15-,17-/m0/s1. The first-order valence-corrected chi connectivity index (χ1v) is 11.0. The molecule has 28 heavy (non-hydrogen) atoms. The van der Waals surface area contributed by atoms with E-state index in [9.17, 15) is 9.59 Å². The zero-order valence-corrected chi connectivity index (χ0v) is 17.7. The number of rotatable bonds is 7. The fourth-order valence-corrected chi connectivity index (χ4v) is 5.18. The Kier molecular flexibility index (Phi) is 6.89. The molecule has 0 bridgehead atoms. The molecule has 1 amide bonds. The zero-order valence-electron chi connectivity index (χ0n) is 16.9. The maximum absolute atomic E-state index is 13.1. The van der Waals surface area contributed by atoms with Crippen LogP contribution >= 0.6 is 11.3 Å². The number of hydrogen-bond donors (Lipinski definition) is 1. The fraction of sp³-hybridized carbons (Fsp3) is 0.478. The summed E-state index contributed by atoms with van der Waals surface area (Å²) in [5.74, 6) is -0.0115. The molecule has 150 valence electrons. The smallest absolute Gasteiger partial charge is 0.341 e. The molecule has 0 fully saturated rings. The summed E-state index contributed by atoms with van der Waals surface area (Å²) in [5, 5.41) is 3.72. The van der Waals surface area contributed by atoms with E-state index in [1.54, 1.807) is 11.3 Å². The summed E-state index contributed by atoms with van der Waals surface area (Å²) in [7, 11) is 0. The molecule has 1 aromatic carbocycles. The van der Waals surface area contributed by atoms with Gasteiger partial charge in [0.1, 0.15) is 5.00 Å². The highest BCUT2D eigenvalue weighted by atomic mass is 32.1. The minimum atomic E-state index is -0.308. The number of esters is 1. The summed E-state index contributed by atoms with van der Waals surface area (Å²) in [5.41, 5.74) is 2.65. The molecule has 1 aromatic heterocycles. The van der Waals surface area contributed by atoms with Gasteiger partial charge in [-0.15, -0.1) is 11.3 Å². The molecule has 0 saturated heterocycles. The third-order valence-electron chi connectivity index (χ3n) is 5.32. The summed E-state index contributed by atoms with van der Waals surface area (Å²) in [4.78, 5) is 27.0.